The summed E-state index contributed by atoms with van der Waals surface area (Å²) >= 11 is 0. The summed E-state index contributed by atoms with van der Waals surface area (Å²) in [4.78, 5) is 38.8. The Morgan fingerprint density at radius 2 is 1.81 bits per heavy atom. The van der Waals surface area contributed by atoms with Crippen molar-refractivity contribution < 1.29 is 27.6 Å². The van der Waals surface area contributed by atoms with Crippen LogP contribution in [-0.4, -0.2) is 65.4 Å². The molecule has 2 aliphatic heterocycles. The van der Waals surface area contributed by atoms with Crippen LogP contribution in [0.25, 0.3) is 0 Å². The summed E-state index contributed by atoms with van der Waals surface area (Å²) in [5, 5.41) is 2.62. The standard InChI is InChI=1S/C18H28F3N3O3/c1-3-5-16(26)23-9-4-6-13(10-23)17(27)24-11-14(22-12(2)25)7-8-15(24)18(19,20)21/h13-15H,3-11H2,1-2H3,(H,22,25)/t13-,14+,15-/m0/s1. The normalized spacial score (nSPS) is 26.6. The van der Waals surface area contributed by atoms with Crippen LogP contribution in [0, 0.1) is 5.92 Å². The SMILES string of the molecule is CCCC(=O)N1CCC[C@H](C(=O)N2C[C@H](NC(C)=O)CC[C@H]2C(F)(F)F)C1. The first kappa shape index (κ1) is 21.5. The number of carbonyl (C=O) groups is 3. The monoisotopic (exact) mass is 391 g/mol. The van der Waals surface area contributed by atoms with Gasteiger partial charge in [-0.25, -0.2) is 0 Å². The molecule has 154 valence electrons. The summed E-state index contributed by atoms with van der Waals surface area (Å²) in [6, 6.07) is -2.32. The molecule has 0 unspecified atom stereocenters. The van der Waals surface area contributed by atoms with E-state index in [9.17, 15) is 27.6 Å². The molecular formula is C18H28F3N3O3. The van der Waals surface area contributed by atoms with Crippen LogP contribution in [0.3, 0.4) is 0 Å². The number of hydrogen-bond donors (Lipinski definition) is 1. The number of nitrogens with zero attached hydrogens (tertiary/aromatic N) is 2. The average molecular weight is 391 g/mol. The molecule has 0 aromatic heterocycles. The van der Waals surface area contributed by atoms with Gasteiger partial charge < -0.3 is 15.1 Å². The highest BCUT2D eigenvalue weighted by Gasteiger charge is 2.49. The molecule has 2 saturated heterocycles. The van der Waals surface area contributed by atoms with E-state index in [4.69, 9.17) is 0 Å². The van der Waals surface area contributed by atoms with E-state index in [-0.39, 0.29) is 37.7 Å². The summed E-state index contributed by atoms with van der Waals surface area (Å²) in [6.45, 7) is 3.75. The highest BCUT2D eigenvalue weighted by Crippen LogP contribution is 2.34. The van der Waals surface area contributed by atoms with Gasteiger partial charge in [-0.2, -0.15) is 13.2 Å². The van der Waals surface area contributed by atoms with Crippen LogP contribution in [0.1, 0.15) is 52.4 Å². The largest absolute Gasteiger partial charge is 0.408 e. The first-order chi connectivity index (χ1) is 12.6. The summed E-state index contributed by atoms with van der Waals surface area (Å²) < 4.78 is 40.4. The van der Waals surface area contributed by atoms with Crippen molar-refractivity contribution in [2.45, 2.75) is 70.6 Å². The van der Waals surface area contributed by atoms with Crippen LogP contribution in [-0.2, 0) is 14.4 Å². The molecule has 0 bridgehead atoms. The fourth-order valence-electron chi connectivity index (χ4n) is 3.97. The molecule has 0 radical (unpaired) electrons. The molecule has 3 amide bonds. The molecule has 2 heterocycles. The number of nitrogens with one attached hydrogen (secondary N) is 1. The molecule has 2 rings (SSSR count). The first-order valence-electron chi connectivity index (χ1n) is 9.55. The van der Waals surface area contributed by atoms with Gasteiger partial charge in [-0.15, -0.1) is 0 Å². The molecule has 0 saturated carbocycles. The predicted octanol–water partition coefficient (Wildman–Crippen LogP) is 2.08. The lowest BCUT2D eigenvalue weighted by Crippen LogP contribution is -2.60. The topological polar surface area (TPSA) is 69.7 Å². The number of amides is 3. The van der Waals surface area contributed by atoms with Gasteiger partial charge >= 0.3 is 6.18 Å². The van der Waals surface area contributed by atoms with Gasteiger partial charge in [-0.05, 0) is 32.1 Å². The zero-order chi connectivity index (χ0) is 20.2. The van der Waals surface area contributed by atoms with Gasteiger partial charge in [-0.3, -0.25) is 14.4 Å². The van der Waals surface area contributed by atoms with Gasteiger partial charge in [0.15, 0.2) is 0 Å². The molecule has 0 aliphatic carbocycles. The lowest BCUT2D eigenvalue weighted by molar-refractivity contribution is -0.199. The molecule has 0 spiro atoms. The fourth-order valence-corrected chi connectivity index (χ4v) is 3.97. The summed E-state index contributed by atoms with van der Waals surface area (Å²) in [7, 11) is 0. The third-order valence-corrected chi connectivity index (χ3v) is 5.24. The van der Waals surface area contributed by atoms with E-state index in [1.807, 2.05) is 6.92 Å². The molecule has 2 fully saturated rings. The van der Waals surface area contributed by atoms with Gasteiger partial charge in [0.25, 0.3) is 0 Å². The van der Waals surface area contributed by atoms with Crippen molar-refractivity contribution in [3.8, 4) is 0 Å². The number of likely N-dealkylation sites (tertiary alicyclic amines) is 2. The van der Waals surface area contributed by atoms with Crippen molar-refractivity contribution in [3.63, 3.8) is 0 Å². The van der Waals surface area contributed by atoms with Gasteiger partial charge in [-0.1, -0.05) is 6.92 Å². The third kappa shape index (κ3) is 5.59. The van der Waals surface area contributed by atoms with E-state index in [0.717, 1.165) is 4.90 Å². The Hall–Kier alpha value is -1.80. The Balaban J connectivity index is 2.12. The Bertz CT molecular complexity index is 568. The van der Waals surface area contributed by atoms with Crippen molar-refractivity contribution >= 4 is 17.7 Å². The minimum absolute atomic E-state index is 0.0582. The van der Waals surface area contributed by atoms with E-state index < -0.39 is 30.1 Å². The highest BCUT2D eigenvalue weighted by atomic mass is 19.4. The molecule has 3 atom stereocenters. The fraction of sp³-hybridized carbons (Fsp3) is 0.833. The second kappa shape index (κ2) is 8.93. The maximum absolute atomic E-state index is 13.5. The quantitative estimate of drug-likeness (QED) is 0.798. The van der Waals surface area contributed by atoms with Crippen LogP contribution in [0.15, 0.2) is 0 Å². The van der Waals surface area contributed by atoms with Crippen LogP contribution in [0.4, 0.5) is 13.2 Å². The highest BCUT2D eigenvalue weighted by molar-refractivity contribution is 5.82. The lowest BCUT2D eigenvalue weighted by Gasteiger charge is -2.43. The zero-order valence-corrected chi connectivity index (χ0v) is 15.8. The van der Waals surface area contributed by atoms with Gasteiger partial charge in [0.1, 0.15) is 6.04 Å². The number of rotatable bonds is 4. The third-order valence-electron chi connectivity index (χ3n) is 5.24. The van der Waals surface area contributed by atoms with Crippen LogP contribution in [0.5, 0.6) is 0 Å². The second-order valence-electron chi connectivity index (χ2n) is 7.45. The molecular weight excluding hydrogens is 363 g/mol. The van der Waals surface area contributed by atoms with Crippen molar-refractivity contribution in [3.05, 3.63) is 0 Å². The van der Waals surface area contributed by atoms with E-state index in [1.54, 1.807) is 4.90 Å². The molecule has 6 nitrogen and oxygen atoms in total. The summed E-state index contributed by atoms with van der Waals surface area (Å²) in [5.41, 5.74) is 0. The Morgan fingerprint density at radius 1 is 1.11 bits per heavy atom. The maximum Gasteiger partial charge on any atom is 0.408 e. The van der Waals surface area contributed by atoms with Crippen molar-refractivity contribution in [2.75, 3.05) is 19.6 Å². The van der Waals surface area contributed by atoms with E-state index in [0.29, 0.717) is 32.2 Å². The molecule has 9 heteroatoms. The first-order valence-corrected chi connectivity index (χ1v) is 9.55. The van der Waals surface area contributed by atoms with Crippen LogP contribution >= 0.6 is 0 Å². The van der Waals surface area contributed by atoms with Gasteiger partial charge in [0.2, 0.25) is 17.7 Å². The van der Waals surface area contributed by atoms with E-state index >= 15 is 0 Å². The zero-order valence-electron chi connectivity index (χ0n) is 15.8. The summed E-state index contributed by atoms with van der Waals surface area (Å²) in [6.07, 6.45) is -2.42. The Labute approximate surface area is 157 Å². The number of alkyl halides is 3. The van der Waals surface area contributed by atoms with Gasteiger partial charge in [0, 0.05) is 39.0 Å². The van der Waals surface area contributed by atoms with Gasteiger partial charge in [0.05, 0.1) is 5.92 Å². The van der Waals surface area contributed by atoms with Crippen molar-refractivity contribution in [2.24, 2.45) is 5.92 Å². The average Bonchev–Trinajstić information content (AvgIpc) is 2.60. The second-order valence-corrected chi connectivity index (χ2v) is 7.45. The van der Waals surface area contributed by atoms with Crippen LogP contribution < -0.4 is 5.32 Å². The summed E-state index contributed by atoms with van der Waals surface area (Å²) in [5.74, 6) is -1.58. The molecule has 1 N–H and O–H groups in total. The van der Waals surface area contributed by atoms with Crippen molar-refractivity contribution in [1.29, 1.82) is 0 Å². The van der Waals surface area contributed by atoms with Crippen LogP contribution in [0.2, 0.25) is 0 Å². The van der Waals surface area contributed by atoms with Crippen molar-refractivity contribution in [1.82, 2.24) is 15.1 Å². The maximum atomic E-state index is 13.5. The molecule has 0 aromatic rings. The minimum Gasteiger partial charge on any atom is -0.352 e. The smallest absolute Gasteiger partial charge is 0.352 e. The lowest BCUT2D eigenvalue weighted by atomic mass is 9.91. The molecule has 27 heavy (non-hydrogen) atoms. The Morgan fingerprint density at radius 3 is 2.41 bits per heavy atom. The number of carbonyl (C=O) groups excluding carboxylic acids is 3. The number of piperidine rings is 2. The number of halogens is 3. The van der Waals surface area contributed by atoms with E-state index in [2.05, 4.69) is 5.32 Å². The molecule has 2 aliphatic rings. The number of hydrogen-bond acceptors (Lipinski definition) is 3. The minimum atomic E-state index is -4.51. The predicted molar refractivity (Wildman–Crippen MR) is 92.6 cm³/mol. The van der Waals surface area contributed by atoms with E-state index in [1.165, 1.54) is 6.92 Å². The Kier molecular flexibility index (Phi) is 7.11. The molecule has 0 aromatic carbocycles.